The molecule has 132 valence electrons. The van der Waals surface area contributed by atoms with Gasteiger partial charge in [-0.05, 0) is 48.5 Å². The van der Waals surface area contributed by atoms with Crippen molar-refractivity contribution >= 4 is 18.7 Å². The van der Waals surface area contributed by atoms with Crippen molar-refractivity contribution in [2.75, 3.05) is 0 Å². The lowest BCUT2D eigenvalue weighted by atomic mass is 10.2. The second-order valence-corrected chi connectivity index (χ2v) is 11.1. The van der Waals surface area contributed by atoms with Crippen LogP contribution in [0.2, 0.25) is 13.1 Å². The molecule has 0 bridgehead atoms. The van der Waals surface area contributed by atoms with E-state index in [1.54, 1.807) is 0 Å². The van der Waals surface area contributed by atoms with Crippen molar-refractivity contribution in [1.82, 2.24) is 19.9 Å². The molecule has 0 spiro atoms. The summed E-state index contributed by atoms with van der Waals surface area (Å²) in [5.74, 6) is 0. The van der Waals surface area contributed by atoms with Gasteiger partial charge in [-0.3, -0.25) is 19.9 Å². The summed E-state index contributed by atoms with van der Waals surface area (Å²) in [5, 5.41) is 2.17. The van der Waals surface area contributed by atoms with Gasteiger partial charge in [0.25, 0.3) is 0 Å². The SMILES string of the molecule is C[Si](C)(c1ncccc1-c1ccccn1)c1ncccc1-c1ccccn1. The van der Waals surface area contributed by atoms with Gasteiger partial charge in [0.05, 0.1) is 11.4 Å². The van der Waals surface area contributed by atoms with E-state index in [1.165, 1.54) is 0 Å². The molecule has 4 aromatic heterocycles. The van der Waals surface area contributed by atoms with Crippen LogP contribution < -0.4 is 10.6 Å². The van der Waals surface area contributed by atoms with Gasteiger partial charge in [0.1, 0.15) is 0 Å². The number of hydrogen-bond donors (Lipinski definition) is 0. The van der Waals surface area contributed by atoms with E-state index in [9.17, 15) is 0 Å². The number of hydrogen-bond acceptors (Lipinski definition) is 4. The molecule has 0 atom stereocenters. The minimum absolute atomic E-state index is 0.941. The summed E-state index contributed by atoms with van der Waals surface area (Å²) in [7, 11) is -2.21. The van der Waals surface area contributed by atoms with Crippen molar-refractivity contribution in [3.05, 3.63) is 85.5 Å². The lowest BCUT2D eigenvalue weighted by molar-refractivity contribution is 1.28. The first-order valence-electron chi connectivity index (χ1n) is 8.92. The Labute approximate surface area is 160 Å². The minimum atomic E-state index is -2.21. The molecule has 0 saturated heterocycles. The van der Waals surface area contributed by atoms with Crippen LogP contribution in [0, 0.1) is 0 Å². The normalized spacial score (nSPS) is 11.3. The predicted octanol–water partition coefficient (Wildman–Crippen LogP) is 3.42. The molecular formula is C22H20N4Si. The maximum absolute atomic E-state index is 4.80. The average Bonchev–Trinajstić information content (AvgIpc) is 2.75. The smallest absolute Gasteiger partial charge is 0.160 e. The zero-order valence-corrected chi connectivity index (χ0v) is 16.4. The number of aromatic nitrogens is 4. The predicted molar refractivity (Wildman–Crippen MR) is 112 cm³/mol. The summed E-state index contributed by atoms with van der Waals surface area (Å²) in [4.78, 5) is 18.7. The molecule has 0 aliphatic rings. The van der Waals surface area contributed by atoms with Crippen LogP contribution in [0.4, 0.5) is 0 Å². The highest BCUT2D eigenvalue weighted by Crippen LogP contribution is 2.20. The van der Waals surface area contributed by atoms with Crippen LogP contribution in [0.3, 0.4) is 0 Å². The van der Waals surface area contributed by atoms with E-state index in [1.807, 2.05) is 73.3 Å². The second kappa shape index (κ2) is 7.21. The largest absolute Gasteiger partial charge is 0.265 e. The van der Waals surface area contributed by atoms with Crippen LogP contribution in [-0.4, -0.2) is 28.0 Å². The van der Waals surface area contributed by atoms with Crippen LogP contribution in [0.5, 0.6) is 0 Å². The standard InChI is InChI=1S/C22H20N4Si/c1-27(2,21-17(9-7-15-25-21)19-11-3-5-13-23-19)22-18(10-8-16-26-22)20-12-4-6-14-24-20/h3-16H,1-2H3. The third-order valence-corrected chi connectivity index (χ3v) is 7.85. The Bertz CT molecular complexity index is 965. The number of nitrogens with zero attached hydrogens (tertiary/aromatic N) is 4. The molecular weight excluding hydrogens is 348 g/mol. The molecule has 5 heteroatoms. The Morgan fingerprint density at radius 1 is 0.519 bits per heavy atom. The zero-order chi connectivity index (χ0) is 18.7. The van der Waals surface area contributed by atoms with Crippen LogP contribution in [-0.2, 0) is 0 Å². The lowest BCUT2D eigenvalue weighted by Crippen LogP contribution is -2.57. The first kappa shape index (κ1) is 17.2. The molecule has 0 aromatic carbocycles. The molecule has 27 heavy (non-hydrogen) atoms. The Hall–Kier alpha value is -3.18. The summed E-state index contributed by atoms with van der Waals surface area (Å²) in [6.07, 6.45) is 7.36. The number of pyridine rings is 4. The van der Waals surface area contributed by atoms with E-state index in [2.05, 4.69) is 35.2 Å². The van der Waals surface area contributed by atoms with Gasteiger partial charge in [0.2, 0.25) is 0 Å². The van der Waals surface area contributed by atoms with E-state index < -0.39 is 8.07 Å². The Balaban J connectivity index is 1.90. The van der Waals surface area contributed by atoms with Crippen molar-refractivity contribution in [3.8, 4) is 22.5 Å². The van der Waals surface area contributed by atoms with E-state index in [0.29, 0.717) is 0 Å². The molecule has 0 aliphatic carbocycles. The van der Waals surface area contributed by atoms with Crippen LogP contribution >= 0.6 is 0 Å². The molecule has 4 heterocycles. The van der Waals surface area contributed by atoms with Crippen molar-refractivity contribution in [3.63, 3.8) is 0 Å². The van der Waals surface area contributed by atoms with Crippen molar-refractivity contribution in [2.24, 2.45) is 0 Å². The molecule has 4 aromatic rings. The Morgan fingerprint density at radius 2 is 0.963 bits per heavy atom. The van der Waals surface area contributed by atoms with Gasteiger partial charge in [-0.25, -0.2) is 0 Å². The molecule has 0 unspecified atom stereocenters. The van der Waals surface area contributed by atoms with E-state index in [0.717, 1.165) is 33.1 Å². The summed E-state index contributed by atoms with van der Waals surface area (Å²) in [6.45, 7) is 4.58. The van der Waals surface area contributed by atoms with Gasteiger partial charge in [-0.1, -0.05) is 25.2 Å². The lowest BCUT2D eigenvalue weighted by Gasteiger charge is -2.25. The molecule has 0 saturated carbocycles. The molecule has 0 fully saturated rings. The second-order valence-electron chi connectivity index (χ2n) is 6.85. The summed E-state index contributed by atoms with van der Waals surface area (Å²) < 4.78 is 0. The first-order valence-corrected chi connectivity index (χ1v) is 11.9. The molecule has 0 N–H and O–H groups in total. The average molecular weight is 369 g/mol. The summed E-state index contributed by atoms with van der Waals surface area (Å²) in [6, 6.07) is 20.1. The topological polar surface area (TPSA) is 51.6 Å². The molecule has 4 nitrogen and oxygen atoms in total. The van der Waals surface area contributed by atoms with Crippen LogP contribution in [0.25, 0.3) is 22.5 Å². The molecule has 0 aliphatic heterocycles. The van der Waals surface area contributed by atoms with Gasteiger partial charge in [0, 0.05) is 46.5 Å². The summed E-state index contributed by atoms with van der Waals surface area (Å²) >= 11 is 0. The van der Waals surface area contributed by atoms with Gasteiger partial charge in [-0.2, -0.15) is 0 Å². The highest BCUT2D eigenvalue weighted by Gasteiger charge is 2.34. The minimum Gasteiger partial charge on any atom is -0.265 e. The molecule has 0 amide bonds. The fourth-order valence-electron chi connectivity index (χ4n) is 3.38. The maximum atomic E-state index is 4.80. The fraction of sp³-hybridized carbons (Fsp3) is 0.0909. The monoisotopic (exact) mass is 368 g/mol. The van der Waals surface area contributed by atoms with Gasteiger partial charge in [0.15, 0.2) is 8.07 Å². The zero-order valence-electron chi connectivity index (χ0n) is 15.4. The maximum Gasteiger partial charge on any atom is 0.160 e. The van der Waals surface area contributed by atoms with Crippen molar-refractivity contribution in [1.29, 1.82) is 0 Å². The van der Waals surface area contributed by atoms with Gasteiger partial charge >= 0.3 is 0 Å². The van der Waals surface area contributed by atoms with Gasteiger partial charge < -0.3 is 0 Å². The Kier molecular flexibility index (Phi) is 4.60. The Morgan fingerprint density at radius 3 is 1.37 bits per heavy atom. The quantitative estimate of drug-likeness (QED) is 0.518. The fourth-order valence-corrected chi connectivity index (χ4v) is 6.16. The molecule has 4 rings (SSSR count). The third kappa shape index (κ3) is 3.29. The number of rotatable bonds is 4. The third-order valence-electron chi connectivity index (χ3n) is 4.68. The van der Waals surface area contributed by atoms with Gasteiger partial charge in [-0.15, -0.1) is 0 Å². The van der Waals surface area contributed by atoms with E-state index in [4.69, 9.17) is 9.97 Å². The highest BCUT2D eigenvalue weighted by molar-refractivity contribution is 7.00. The first-order chi connectivity index (χ1) is 13.2. The van der Waals surface area contributed by atoms with E-state index in [-0.39, 0.29) is 0 Å². The van der Waals surface area contributed by atoms with Crippen LogP contribution in [0.1, 0.15) is 0 Å². The van der Waals surface area contributed by atoms with E-state index >= 15 is 0 Å². The summed E-state index contributed by atoms with van der Waals surface area (Å²) in [5.41, 5.74) is 4.03. The highest BCUT2D eigenvalue weighted by atomic mass is 28.3. The molecule has 0 radical (unpaired) electrons. The van der Waals surface area contributed by atoms with Crippen LogP contribution in [0.15, 0.2) is 85.5 Å². The van der Waals surface area contributed by atoms with Crippen molar-refractivity contribution < 1.29 is 0 Å². The van der Waals surface area contributed by atoms with Crippen molar-refractivity contribution in [2.45, 2.75) is 13.1 Å².